The third-order valence-electron chi connectivity index (χ3n) is 12.4. The van der Waals surface area contributed by atoms with Gasteiger partial charge in [0, 0.05) is 51.0 Å². The lowest BCUT2D eigenvalue weighted by molar-refractivity contribution is -0.161. The van der Waals surface area contributed by atoms with Crippen LogP contribution < -0.4 is 22.9 Å². The predicted octanol–water partition coefficient (Wildman–Crippen LogP) is 11.0. The van der Waals surface area contributed by atoms with Crippen LogP contribution in [0, 0.1) is 0 Å². The number of phosphoric ester groups is 1. The number of hydrogen-bond donors (Lipinski definition) is 5. The van der Waals surface area contributed by atoms with E-state index in [0.717, 1.165) is 55.6 Å². The van der Waals surface area contributed by atoms with Crippen LogP contribution >= 0.6 is 7.82 Å². The van der Waals surface area contributed by atoms with Crippen molar-refractivity contribution in [2.45, 2.75) is 232 Å². The van der Waals surface area contributed by atoms with E-state index >= 15 is 0 Å². The molecule has 0 aromatic heterocycles. The van der Waals surface area contributed by atoms with E-state index in [1.54, 1.807) is 0 Å². The molecule has 0 radical (unpaired) electrons. The molecule has 9 N–H and O–H groups in total. The van der Waals surface area contributed by atoms with E-state index in [2.05, 4.69) is 24.5 Å². The van der Waals surface area contributed by atoms with Gasteiger partial charge in [-0.05, 0) is 12.8 Å². The highest BCUT2D eigenvalue weighted by Crippen LogP contribution is 2.43. The smallest absolute Gasteiger partial charge is 0.462 e. The Balaban J connectivity index is 0. The van der Waals surface area contributed by atoms with Crippen molar-refractivity contribution in [3.05, 3.63) is 12.2 Å². The first-order valence-corrected chi connectivity index (χ1v) is 29.7. The van der Waals surface area contributed by atoms with Crippen molar-refractivity contribution in [3.8, 4) is 0 Å². The van der Waals surface area contributed by atoms with Gasteiger partial charge in [0.1, 0.15) is 13.2 Å². The number of hydrogen-bond acceptors (Lipinski definition) is 15. The third kappa shape index (κ3) is 46.0. The number of rotatable bonds is 53. The van der Waals surface area contributed by atoms with Crippen molar-refractivity contribution in [1.82, 2.24) is 27.8 Å². The Bertz CT molecular complexity index is 1490. The van der Waals surface area contributed by atoms with Crippen LogP contribution in [0.1, 0.15) is 226 Å². The monoisotopic (exact) mass is 1080 g/mol. The normalized spacial score (nSPS) is 13.3. The average molecular weight is 1080 g/mol. The molecule has 20 heteroatoms. The number of nitrogens with one attached hydrogen (secondary N) is 2. The molecule has 0 aromatic carbocycles. The van der Waals surface area contributed by atoms with Gasteiger partial charge in [0.2, 0.25) is 11.8 Å². The van der Waals surface area contributed by atoms with Gasteiger partial charge in [-0.2, -0.15) is 0 Å². The number of unbranched alkanes of at least 4 members (excludes halogenated alkanes) is 28. The van der Waals surface area contributed by atoms with E-state index in [9.17, 15) is 38.2 Å². The maximum atomic E-state index is 12.8. The molecule has 434 valence electrons. The molecule has 4 amide bonds. The first-order valence-electron chi connectivity index (χ1n) is 28.2. The number of amides is 4. The van der Waals surface area contributed by atoms with Crippen LogP contribution in [0.25, 0.3) is 0 Å². The fourth-order valence-corrected chi connectivity index (χ4v) is 8.87. The lowest BCUT2D eigenvalue weighted by Gasteiger charge is -2.20. The van der Waals surface area contributed by atoms with Crippen LogP contribution in [-0.2, 0) is 61.3 Å². The minimum Gasteiger partial charge on any atom is -0.462 e. The Labute approximate surface area is 446 Å². The number of nitrogens with zero attached hydrogens (tertiary/aromatic N) is 1. The van der Waals surface area contributed by atoms with E-state index in [1.165, 1.54) is 141 Å². The second-order valence-corrected chi connectivity index (χ2v) is 20.5. The van der Waals surface area contributed by atoms with E-state index < -0.39 is 50.2 Å². The number of carbonyl (C=O) groups is 6. The van der Waals surface area contributed by atoms with Crippen LogP contribution in [0.4, 0.5) is 0 Å². The molecule has 19 nitrogen and oxygen atoms in total. The van der Waals surface area contributed by atoms with Gasteiger partial charge in [0.15, 0.2) is 6.10 Å². The maximum Gasteiger partial charge on any atom is 0.472 e. The second-order valence-electron chi connectivity index (χ2n) is 19.1. The Hall–Kier alpha value is -3.29. The van der Waals surface area contributed by atoms with Crippen molar-refractivity contribution in [2.24, 2.45) is 0 Å². The molecule has 0 aliphatic carbocycles. The minimum absolute atomic E-state index is 0. The fraction of sp³-hybridized carbons (Fsp3) is 0.852. The molecule has 2 atom stereocenters. The molecular formula is C54H104N5O14P. The molecule has 0 fully saturated rings. The highest BCUT2D eigenvalue weighted by atomic mass is 31.2. The summed E-state index contributed by atoms with van der Waals surface area (Å²) in [4.78, 5) is 84.0. The summed E-state index contributed by atoms with van der Waals surface area (Å²) < 4.78 is 44.5. The fourth-order valence-electron chi connectivity index (χ4n) is 8.12. The molecule has 0 aromatic rings. The molecule has 1 aliphatic heterocycles. The van der Waals surface area contributed by atoms with Crippen molar-refractivity contribution >= 4 is 43.4 Å². The summed E-state index contributed by atoms with van der Waals surface area (Å²) in [5, 5.41) is 5.12. The lowest BCUT2D eigenvalue weighted by atomic mass is 10.0. The van der Waals surface area contributed by atoms with Crippen molar-refractivity contribution in [3.63, 3.8) is 0 Å². The highest BCUT2D eigenvalue weighted by Gasteiger charge is 2.27. The Morgan fingerprint density at radius 1 is 0.514 bits per heavy atom. The lowest BCUT2D eigenvalue weighted by Crippen LogP contribution is -2.35. The van der Waals surface area contributed by atoms with Crippen LogP contribution in [0.2, 0.25) is 0 Å². The zero-order valence-electron chi connectivity index (χ0n) is 46.2. The number of phosphoric acid groups is 1. The van der Waals surface area contributed by atoms with Gasteiger partial charge in [-0.3, -0.25) is 42.7 Å². The summed E-state index contributed by atoms with van der Waals surface area (Å²) in [6, 6.07) is 0. The Kier molecular flexibility index (Phi) is 50.9. The first kappa shape index (κ1) is 72.8. The van der Waals surface area contributed by atoms with E-state index in [0.29, 0.717) is 12.8 Å². The molecule has 1 aliphatic rings. The van der Waals surface area contributed by atoms with Gasteiger partial charge in [-0.25, -0.2) is 4.57 Å². The number of ether oxygens (including phenoxy) is 4. The molecule has 1 rings (SSSR count). The van der Waals surface area contributed by atoms with Gasteiger partial charge >= 0.3 is 19.8 Å². The first-order chi connectivity index (χ1) is 35.0. The van der Waals surface area contributed by atoms with E-state index in [4.69, 9.17) is 28.0 Å². The predicted molar refractivity (Wildman–Crippen MR) is 290 cm³/mol. The highest BCUT2D eigenvalue weighted by molar-refractivity contribution is 7.47. The second kappa shape index (κ2) is 51.8. The number of imide groups is 1. The van der Waals surface area contributed by atoms with Gasteiger partial charge in [0.25, 0.3) is 11.8 Å². The van der Waals surface area contributed by atoms with Gasteiger partial charge < -0.3 is 46.8 Å². The summed E-state index contributed by atoms with van der Waals surface area (Å²) in [5.41, 5.74) is 0. The zero-order valence-corrected chi connectivity index (χ0v) is 47.1. The van der Waals surface area contributed by atoms with Crippen molar-refractivity contribution < 1.29 is 66.2 Å². The molecular weight excluding hydrogens is 974 g/mol. The largest absolute Gasteiger partial charge is 0.472 e. The van der Waals surface area contributed by atoms with E-state index in [1.807, 2.05) is 0 Å². The summed E-state index contributed by atoms with van der Waals surface area (Å²) in [5.74, 6) is -2.68. The zero-order chi connectivity index (χ0) is 52.6. The van der Waals surface area contributed by atoms with Crippen LogP contribution in [0.5, 0.6) is 0 Å². The van der Waals surface area contributed by atoms with Crippen molar-refractivity contribution in [1.29, 1.82) is 0 Å². The van der Waals surface area contributed by atoms with Gasteiger partial charge in [0.05, 0.1) is 33.0 Å². The number of carbonyl (C=O) groups excluding carboxylic acids is 6. The molecule has 0 saturated carbocycles. The van der Waals surface area contributed by atoms with Crippen LogP contribution in [-0.4, -0.2) is 117 Å². The molecule has 1 unspecified atom stereocenters. The van der Waals surface area contributed by atoms with Gasteiger partial charge in [-0.15, -0.1) is 0 Å². The number of esters is 2. The topological polar surface area (TPSA) is 292 Å². The molecule has 0 spiro atoms. The summed E-state index contributed by atoms with van der Waals surface area (Å²) >= 11 is 0. The minimum atomic E-state index is -4.65. The third-order valence-corrected chi connectivity index (χ3v) is 13.4. The Morgan fingerprint density at radius 2 is 0.919 bits per heavy atom. The average Bonchev–Trinajstić information content (AvgIpc) is 3.68. The maximum absolute atomic E-state index is 12.8. The summed E-state index contributed by atoms with van der Waals surface area (Å²) in [6.07, 6.45) is 37.9. The van der Waals surface area contributed by atoms with Crippen molar-refractivity contribution in [2.75, 3.05) is 65.9 Å². The molecule has 74 heavy (non-hydrogen) atoms. The molecule has 0 bridgehead atoms. The molecule has 1 heterocycles. The summed E-state index contributed by atoms with van der Waals surface area (Å²) in [7, 11) is -4.65. The van der Waals surface area contributed by atoms with Crippen LogP contribution in [0.3, 0.4) is 0 Å². The van der Waals surface area contributed by atoms with E-state index in [-0.39, 0.29) is 96.7 Å². The summed E-state index contributed by atoms with van der Waals surface area (Å²) in [6.45, 7) is 3.43. The van der Waals surface area contributed by atoms with Gasteiger partial charge in [-0.1, -0.05) is 194 Å². The quantitative estimate of drug-likeness (QED) is 0.0164. The Morgan fingerprint density at radius 3 is 1.39 bits per heavy atom. The SMILES string of the molecule is CCCCCCCCCCCCCCCCCC(=O)OC[C@H](COP(=O)(O)OCCNC(=O)COCCOCCNC(=O)CCN1C(=O)C=CC1=O)OC(=O)CCCCCCCCCCCCCCCCC.N.N. The molecule has 0 saturated heterocycles. The standard InChI is InChI=1S/C54H98N3O14P.2H3N/c1-3-5-7-9-11-13-15-17-19-21-23-25-27-29-31-33-53(62)68-45-48(71-54(63)34-32-30-28-26-24-22-20-18-16-14-12-10-8-6-4-2)46-70-72(64,65)69-42-39-56-50(59)47-67-44-43-66-41-38-55-49(58)37-40-57-51(60)35-36-52(57)61;;/h35-36,48H,3-34,37-47H2,1-2H3,(H,55,58)(H,56,59)(H,64,65);2*1H3/t48-;;/m1../s1. The van der Waals surface area contributed by atoms with Crippen LogP contribution in [0.15, 0.2) is 12.2 Å².